The Morgan fingerprint density at radius 2 is 1.65 bits per heavy atom. The number of rotatable bonds is 2. The van der Waals surface area contributed by atoms with E-state index in [0.29, 0.717) is 0 Å². The maximum atomic E-state index is 6.01. The van der Waals surface area contributed by atoms with Crippen molar-refractivity contribution >= 4 is 43.8 Å². The van der Waals surface area contributed by atoms with E-state index in [9.17, 15) is 0 Å². The molecule has 0 fully saturated rings. The third kappa shape index (κ3) is 2.63. The van der Waals surface area contributed by atoms with E-state index < -0.39 is 0 Å². The molecular weight excluding hydrogens is 312 g/mol. The van der Waals surface area contributed by atoms with Crippen LogP contribution in [0.4, 0.5) is 17.1 Å². The average Bonchev–Trinajstić information content (AvgIpc) is 2.42. The van der Waals surface area contributed by atoms with Crippen LogP contribution in [0.2, 0.25) is 0 Å². The van der Waals surface area contributed by atoms with Crippen molar-refractivity contribution in [2.45, 2.75) is 6.92 Å². The summed E-state index contributed by atoms with van der Waals surface area (Å²) < 4.78 is 0.981. The van der Waals surface area contributed by atoms with E-state index in [1.807, 2.05) is 18.2 Å². The smallest absolute Gasteiger partial charge is 0.0618 e. The molecule has 0 amide bonds. The molecule has 3 heteroatoms. The lowest BCUT2D eigenvalue weighted by Gasteiger charge is -2.10. The fourth-order valence-electron chi connectivity index (χ4n) is 2.25. The van der Waals surface area contributed by atoms with E-state index in [1.165, 1.54) is 16.3 Å². The van der Waals surface area contributed by atoms with Crippen LogP contribution in [-0.2, 0) is 0 Å². The molecule has 0 atom stereocenters. The first-order valence-corrected chi connectivity index (χ1v) is 7.23. The summed E-state index contributed by atoms with van der Waals surface area (Å²) >= 11 is 3.41. The molecule has 3 aromatic rings. The van der Waals surface area contributed by atoms with Gasteiger partial charge in [-0.25, -0.2) is 0 Å². The number of nitrogens with one attached hydrogen (secondary N) is 1. The summed E-state index contributed by atoms with van der Waals surface area (Å²) in [5.74, 6) is 0. The molecule has 0 radical (unpaired) electrons. The van der Waals surface area contributed by atoms with Crippen LogP contribution in [0, 0.1) is 6.92 Å². The zero-order valence-corrected chi connectivity index (χ0v) is 12.7. The van der Waals surface area contributed by atoms with Gasteiger partial charge in [0.2, 0.25) is 0 Å². The molecule has 0 aliphatic carbocycles. The quantitative estimate of drug-likeness (QED) is 0.632. The van der Waals surface area contributed by atoms with Gasteiger partial charge in [-0.15, -0.1) is 0 Å². The van der Waals surface area contributed by atoms with E-state index in [4.69, 9.17) is 5.73 Å². The summed E-state index contributed by atoms with van der Waals surface area (Å²) in [5, 5.41) is 5.83. The number of fused-ring (bicyclic) bond motifs is 1. The minimum Gasteiger partial charge on any atom is -0.397 e. The first-order chi connectivity index (χ1) is 9.61. The molecule has 0 saturated carbocycles. The molecule has 0 aromatic heterocycles. The lowest BCUT2D eigenvalue weighted by molar-refractivity contribution is 1.50. The number of nitrogen functional groups attached to an aromatic ring is 1. The lowest BCUT2D eigenvalue weighted by Crippen LogP contribution is -1.96. The second kappa shape index (κ2) is 5.17. The molecule has 0 spiro atoms. The summed E-state index contributed by atoms with van der Waals surface area (Å²) in [5.41, 5.74) is 9.96. The maximum Gasteiger partial charge on any atom is 0.0618 e. The van der Waals surface area contributed by atoms with Crippen LogP contribution < -0.4 is 11.1 Å². The Morgan fingerprint density at radius 3 is 2.45 bits per heavy atom. The van der Waals surface area contributed by atoms with Crippen LogP contribution in [0.3, 0.4) is 0 Å². The van der Waals surface area contributed by atoms with Gasteiger partial charge >= 0.3 is 0 Å². The number of hydrogen-bond acceptors (Lipinski definition) is 2. The fraction of sp³-hybridized carbons (Fsp3) is 0.0588. The molecule has 3 aromatic carbocycles. The summed E-state index contributed by atoms with van der Waals surface area (Å²) in [6.07, 6.45) is 0. The first-order valence-electron chi connectivity index (χ1n) is 6.44. The molecule has 0 heterocycles. The summed E-state index contributed by atoms with van der Waals surface area (Å²) in [6, 6.07) is 18.6. The van der Waals surface area contributed by atoms with E-state index in [-0.39, 0.29) is 0 Å². The van der Waals surface area contributed by atoms with Gasteiger partial charge in [0.05, 0.1) is 11.4 Å². The molecular formula is C17H15BrN2. The van der Waals surface area contributed by atoms with Gasteiger partial charge in [0.1, 0.15) is 0 Å². The second-order valence-electron chi connectivity index (χ2n) is 4.92. The highest BCUT2D eigenvalue weighted by Gasteiger charge is 2.02. The SMILES string of the molecule is Cc1ccc2cc(Nc3ccc(Br)cc3N)ccc2c1. The Bertz CT molecular complexity index is 781. The minimum atomic E-state index is 0.725. The van der Waals surface area contributed by atoms with Crippen molar-refractivity contribution in [3.05, 3.63) is 64.6 Å². The van der Waals surface area contributed by atoms with Gasteiger partial charge in [-0.05, 0) is 48.0 Å². The highest BCUT2D eigenvalue weighted by atomic mass is 79.9. The van der Waals surface area contributed by atoms with Gasteiger partial charge < -0.3 is 11.1 Å². The zero-order valence-electron chi connectivity index (χ0n) is 11.2. The largest absolute Gasteiger partial charge is 0.397 e. The Kier molecular flexibility index (Phi) is 3.36. The second-order valence-corrected chi connectivity index (χ2v) is 5.84. The van der Waals surface area contributed by atoms with E-state index in [2.05, 4.69) is 64.6 Å². The predicted octanol–water partition coefficient (Wildman–Crippen LogP) is 5.24. The van der Waals surface area contributed by atoms with Gasteiger partial charge in [0.25, 0.3) is 0 Å². The Hall–Kier alpha value is -2.00. The van der Waals surface area contributed by atoms with Crippen molar-refractivity contribution in [2.75, 3.05) is 11.1 Å². The Morgan fingerprint density at radius 1 is 0.900 bits per heavy atom. The summed E-state index contributed by atoms with van der Waals surface area (Å²) in [6.45, 7) is 2.11. The molecule has 0 aliphatic rings. The molecule has 0 unspecified atom stereocenters. The monoisotopic (exact) mass is 326 g/mol. The maximum absolute atomic E-state index is 6.01. The minimum absolute atomic E-state index is 0.725. The molecule has 3 N–H and O–H groups in total. The molecule has 0 bridgehead atoms. The topological polar surface area (TPSA) is 38.0 Å². The molecule has 100 valence electrons. The van der Waals surface area contributed by atoms with Crippen molar-refractivity contribution in [1.29, 1.82) is 0 Å². The highest BCUT2D eigenvalue weighted by Crippen LogP contribution is 2.28. The van der Waals surface area contributed by atoms with Gasteiger partial charge in [-0.3, -0.25) is 0 Å². The van der Waals surface area contributed by atoms with E-state index in [0.717, 1.165) is 21.5 Å². The van der Waals surface area contributed by atoms with Crippen LogP contribution in [-0.4, -0.2) is 0 Å². The lowest BCUT2D eigenvalue weighted by atomic mass is 10.1. The van der Waals surface area contributed by atoms with Crippen molar-refractivity contribution < 1.29 is 0 Å². The summed E-state index contributed by atoms with van der Waals surface area (Å²) in [7, 11) is 0. The normalized spacial score (nSPS) is 10.7. The van der Waals surface area contributed by atoms with Crippen LogP contribution in [0.5, 0.6) is 0 Å². The van der Waals surface area contributed by atoms with Crippen LogP contribution in [0.1, 0.15) is 5.56 Å². The average molecular weight is 327 g/mol. The van der Waals surface area contributed by atoms with E-state index >= 15 is 0 Å². The van der Waals surface area contributed by atoms with Gasteiger partial charge in [0, 0.05) is 10.2 Å². The standard InChI is InChI=1S/C17H15BrN2/c1-11-2-3-13-9-15(6-4-12(13)8-11)20-17-7-5-14(18)10-16(17)19/h2-10,20H,19H2,1H3. The Labute approximate surface area is 126 Å². The number of hydrogen-bond donors (Lipinski definition) is 2. The number of nitrogens with two attached hydrogens (primary N) is 1. The molecule has 20 heavy (non-hydrogen) atoms. The Balaban J connectivity index is 1.96. The predicted molar refractivity (Wildman–Crippen MR) is 90.5 cm³/mol. The van der Waals surface area contributed by atoms with Gasteiger partial charge in [0.15, 0.2) is 0 Å². The fourth-order valence-corrected chi connectivity index (χ4v) is 2.62. The van der Waals surface area contributed by atoms with Crippen LogP contribution >= 0.6 is 15.9 Å². The molecule has 0 aliphatic heterocycles. The van der Waals surface area contributed by atoms with Crippen molar-refractivity contribution in [3.8, 4) is 0 Å². The van der Waals surface area contributed by atoms with Crippen molar-refractivity contribution in [2.24, 2.45) is 0 Å². The van der Waals surface area contributed by atoms with Crippen molar-refractivity contribution in [3.63, 3.8) is 0 Å². The first kappa shape index (κ1) is 13.0. The van der Waals surface area contributed by atoms with Crippen LogP contribution in [0.15, 0.2) is 59.1 Å². The third-order valence-corrected chi connectivity index (χ3v) is 3.78. The third-order valence-electron chi connectivity index (χ3n) is 3.29. The van der Waals surface area contributed by atoms with Gasteiger partial charge in [-0.1, -0.05) is 45.8 Å². The summed E-state index contributed by atoms with van der Waals surface area (Å²) in [4.78, 5) is 0. The van der Waals surface area contributed by atoms with Gasteiger partial charge in [-0.2, -0.15) is 0 Å². The number of anilines is 3. The molecule has 0 saturated heterocycles. The molecule has 2 nitrogen and oxygen atoms in total. The zero-order chi connectivity index (χ0) is 14.1. The number of benzene rings is 3. The van der Waals surface area contributed by atoms with Crippen molar-refractivity contribution in [1.82, 2.24) is 0 Å². The number of halogens is 1. The van der Waals surface area contributed by atoms with E-state index in [1.54, 1.807) is 0 Å². The molecule has 3 rings (SSSR count). The number of aryl methyl sites for hydroxylation is 1. The van der Waals surface area contributed by atoms with Crippen LogP contribution in [0.25, 0.3) is 10.8 Å². The highest BCUT2D eigenvalue weighted by molar-refractivity contribution is 9.10.